The fourth-order valence-electron chi connectivity index (χ4n) is 6.72. The standard InChI is InChI=1S/C49H48O13/c1-31-40(24-22-36-45(53)38(28-59-47(31)36)34-16-8-4-9-17-34)61-42(50)20-12-6-14-26-56-44(52)30-58-33(3)49(55)57-27-15-7-13-21-43(51)62-41-25-23-37-46(54)39(29-60-48(37)32(41)2)35-18-10-5-11-19-35/h4-5,8-11,16-19,22-25,28-29,33H,6-7,12-15,20-21,26-27,30H2,1-3H3/t33-/m0/s1. The maximum Gasteiger partial charge on any atom is 0.334 e. The molecule has 2 heterocycles. The van der Waals surface area contributed by atoms with Gasteiger partial charge in [0, 0.05) is 24.0 Å². The second kappa shape index (κ2) is 21.6. The quantitative estimate of drug-likeness (QED) is 0.0405. The van der Waals surface area contributed by atoms with Gasteiger partial charge in [-0.3, -0.25) is 19.2 Å². The van der Waals surface area contributed by atoms with Crippen LogP contribution in [-0.2, 0) is 33.4 Å². The first-order valence-electron chi connectivity index (χ1n) is 20.6. The minimum absolute atomic E-state index is 0.114. The first kappa shape index (κ1) is 44.7. The van der Waals surface area contributed by atoms with E-state index in [0.717, 1.165) is 11.1 Å². The molecular weight excluding hydrogens is 797 g/mol. The third-order valence-electron chi connectivity index (χ3n) is 10.2. The normalized spacial score (nSPS) is 11.6. The lowest BCUT2D eigenvalue weighted by molar-refractivity contribution is -0.162. The summed E-state index contributed by atoms with van der Waals surface area (Å²) < 4.78 is 38.5. The SMILES string of the molecule is Cc1c(OC(=O)CCCCCOC(=O)CO[C@@H](C)C(=O)OCCCCCC(=O)Oc2ccc3c(=O)c(-c4ccccc4)coc3c2C)ccc2c(=O)c(-c3ccccc3)coc12. The summed E-state index contributed by atoms with van der Waals surface area (Å²) in [6.45, 7) is 4.73. The highest BCUT2D eigenvalue weighted by Crippen LogP contribution is 2.30. The molecule has 1 atom stereocenters. The molecule has 322 valence electrons. The predicted molar refractivity (Wildman–Crippen MR) is 231 cm³/mol. The van der Waals surface area contributed by atoms with E-state index in [1.54, 1.807) is 38.1 Å². The summed E-state index contributed by atoms with van der Waals surface area (Å²) >= 11 is 0. The van der Waals surface area contributed by atoms with Crippen molar-refractivity contribution in [1.29, 1.82) is 0 Å². The van der Waals surface area contributed by atoms with Gasteiger partial charge in [-0.2, -0.15) is 0 Å². The monoisotopic (exact) mass is 844 g/mol. The number of unbranched alkanes of at least 4 members (excludes halogenated alkanes) is 4. The van der Waals surface area contributed by atoms with Crippen molar-refractivity contribution >= 4 is 45.8 Å². The number of carbonyl (C=O) groups excluding carboxylic acids is 4. The number of rotatable bonds is 20. The lowest BCUT2D eigenvalue weighted by Crippen LogP contribution is -2.27. The highest BCUT2D eigenvalue weighted by Gasteiger charge is 2.19. The lowest BCUT2D eigenvalue weighted by atomic mass is 10.0. The summed E-state index contributed by atoms with van der Waals surface area (Å²) in [5.74, 6) is -1.51. The van der Waals surface area contributed by atoms with Crippen LogP contribution in [0.3, 0.4) is 0 Å². The lowest BCUT2D eigenvalue weighted by Gasteiger charge is -2.12. The van der Waals surface area contributed by atoms with Gasteiger partial charge in [0.25, 0.3) is 0 Å². The fourth-order valence-corrected chi connectivity index (χ4v) is 6.72. The van der Waals surface area contributed by atoms with E-state index in [0.29, 0.717) is 94.2 Å². The number of esters is 4. The van der Waals surface area contributed by atoms with Crippen molar-refractivity contribution in [3.05, 3.63) is 129 Å². The van der Waals surface area contributed by atoms with Gasteiger partial charge in [0.15, 0.2) is 6.10 Å². The molecule has 0 N–H and O–H groups in total. The Morgan fingerprint density at radius 1 is 0.548 bits per heavy atom. The second-order valence-electron chi connectivity index (χ2n) is 14.7. The number of hydrogen-bond acceptors (Lipinski definition) is 13. The van der Waals surface area contributed by atoms with Gasteiger partial charge in [-0.05, 0) is 94.7 Å². The summed E-state index contributed by atoms with van der Waals surface area (Å²) in [6, 6.07) is 24.8. The van der Waals surface area contributed by atoms with Gasteiger partial charge in [0.05, 0.1) is 35.1 Å². The fraction of sp³-hybridized carbons (Fsp3) is 0.306. The number of aryl methyl sites for hydroxylation is 2. The smallest absolute Gasteiger partial charge is 0.334 e. The first-order valence-corrected chi connectivity index (χ1v) is 20.6. The van der Waals surface area contributed by atoms with Crippen LogP contribution in [0.4, 0.5) is 0 Å². The largest absolute Gasteiger partial charge is 0.464 e. The van der Waals surface area contributed by atoms with Crippen molar-refractivity contribution < 1.29 is 51.7 Å². The Morgan fingerprint density at radius 2 is 1.00 bits per heavy atom. The maximum atomic E-state index is 13.1. The topological polar surface area (TPSA) is 175 Å². The molecular formula is C49H48O13. The van der Waals surface area contributed by atoms with Crippen molar-refractivity contribution in [3.63, 3.8) is 0 Å². The number of fused-ring (bicyclic) bond motifs is 2. The van der Waals surface area contributed by atoms with Gasteiger partial charge in [-0.25, -0.2) is 9.59 Å². The zero-order valence-corrected chi connectivity index (χ0v) is 34.9. The third-order valence-corrected chi connectivity index (χ3v) is 10.2. The molecule has 0 amide bonds. The maximum absolute atomic E-state index is 13.1. The van der Waals surface area contributed by atoms with E-state index >= 15 is 0 Å². The Balaban J connectivity index is 0.798. The molecule has 0 fully saturated rings. The summed E-state index contributed by atoms with van der Waals surface area (Å²) in [6.07, 6.45) is 5.36. The Labute approximate surface area is 357 Å². The van der Waals surface area contributed by atoms with E-state index in [4.69, 9.17) is 32.5 Å². The van der Waals surface area contributed by atoms with Crippen LogP contribution in [0.15, 0.2) is 116 Å². The molecule has 0 saturated heterocycles. The first-order chi connectivity index (χ1) is 30.0. The summed E-state index contributed by atoms with van der Waals surface area (Å²) in [4.78, 5) is 75.8. The molecule has 0 saturated carbocycles. The Morgan fingerprint density at radius 3 is 1.47 bits per heavy atom. The average molecular weight is 845 g/mol. The molecule has 13 heteroatoms. The van der Waals surface area contributed by atoms with Gasteiger partial charge in [-0.1, -0.05) is 60.7 Å². The zero-order chi connectivity index (χ0) is 44.0. The molecule has 0 bridgehead atoms. The average Bonchev–Trinajstić information content (AvgIpc) is 3.28. The van der Waals surface area contributed by atoms with Crippen LogP contribution in [0.25, 0.3) is 44.2 Å². The van der Waals surface area contributed by atoms with Gasteiger partial charge in [0.1, 0.15) is 41.8 Å². The van der Waals surface area contributed by atoms with Gasteiger partial charge in [-0.15, -0.1) is 0 Å². The minimum atomic E-state index is -0.989. The summed E-state index contributed by atoms with van der Waals surface area (Å²) in [5.41, 5.74) is 3.85. The van der Waals surface area contributed by atoms with E-state index in [9.17, 15) is 28.8 Å². The van der Waals surface area contributed by atoms with Crippen LogP contribution < -0.4 is 20.3 Å². The van der Waals surface area contributed by atoms with Crippen LogP contribution in [0.5, 0.6) is 11.5 Å². The molecule has 0 unspecified atom stereocenters. The van der Waals surface area contributed by atoms with Crippen LogP contribution in [0, 0.1) is 13.8 Å². The van der Waals surface area contributed by atoms with Crippen LogP contribution in [0.2, 0.25) is 0 Å². The molecule has 4 aromatic carbocycles. The van der Waals surface area contributed by atoms with Crippen molar-refractivity contribution in [1.82, 2.24) is 0 Å². The second-order valence-corrected chi connectivity index (χ2v) is 14.7. The van der Waals surface area contributed by atoms with Crippen molar-refractivity contribution in [2.75, 3.05) is 19.8 Å². The van der Waals surface area contributed by atoms with Crippen LogP contribution in [0.1, 0.15) is 69.4 Å². The minimum Gasteiger partial charge on any atom is -0.464 e. The molecule has 6 rings (SSSR count). The molecule has 62 heavy (non-hydrogen) atoms. The highest BCUT2D eigenvalue weighted by atomic mass is 16.6. The molecule has 2 aromatic heterocycles. The van der Waals surface area contributed by atoms with Crippen LogP contribution >= 0.6 is 0 Å². The molecule has 0 aliphatic rings. The van der Waals surface area contributed by atoms with Crippen molar-refractivity contribution in [3.8, 4) is 33.8 Å². The summed E-state index contributed by atoms with van der Waals surface area (Å²) in [7, 11) is 0. The van der Waals surface area contributed by atoms with Crippen LogP contribution in [-0.4, -0.2) is 49.8 Å². The number of ether oxygens (including phenoxy) is 5. The highest BCUT2D eigenvalue weighted by molar-refractivity contribution is 5.88. The Bertz CT molecular complexity index is 2650. The Kier molecular flexibility index (Phi) is 15.6. The summed E-state index contributed by atoms with van der Waals surface area (Å²) in [5, 5.41) is 0.791. The number of hydrogen-bond donors (Lipinski definition) is 0. The van der Waals surface area contributed by atoms with E-state index in [1.165, 1.54) is 19.5 Å². The van der Waals surface area contributed by atoms with Gasteiger partial charge < -0.3 is 32.5 Å². The van der Waals surface area contributed by atoms with Crippen molar-refractivity contribution in [2.24, 2.45) is 0 Å². The van der Waals surface area contributed by atoms with E-state index in [-0.39, 0.29) is 36.9 Å². The zero-order valence-electron chi connectivity index (χ0n) is 34.9. The van der Waals surface area contributed by atoms with Gasteiger partial charge >= 0.3 is 23.9 Å². The molecule has 6 aromatic rings. The molecule has 0 aliphatic carbocycles. The molecule has 0 spiro atoms. The molecule has 13 nitrogen and oxygen atoms in total. The molecule has 0 aliphatic heterocycles. The van der Waals surface area contributed by atoms with Gasteiger partial charge in [0.2, 0.25) is 10.9 Å². The van der Waals surface area contributed by atoms with E-state index < -0.39 is 36.6 Å². The van der Waals surface area contributed by atoms with E-state index in [1.807, 2.05) is 60.7 Å². The predicted octanol–water partition coefficient (Wildman–Crippen LogP) is 8.97. The van der Waals surface area contributed by atoms with Crippen molar-refractivity contribution in [2.45, 2.75) is 78.2 Å². The third kappa shape index (κ3) is 11.5. The number of carbonyl (C=O) groups is 4. The number of benzene rings is 4. The molecule has 0 radical (unpaired) electrons. The van der Waals surface area contributed by atoms with E-state index in [2.05, 4.69) is 0 Å². The Hall–Kier alpha value is -6.86.